The number of alkyl halides is 3. The molecule has 29 heavy (non-hydrogen) atoms. The predicted octanol–water partition coefficient (Wildman–Crippen LogP) is 2.90. The van der Waals surface area contributed by atoms with Gasteiger partial charge in [-0.1, -0.05) is 19.9 Å². The largest absolute Gasteiger partial charge is 0.490 e. The van der Waals surface area contributed by atoms with Crippen LogP contribution in [0.15, 0.2) is 24.4 Å². The maximum absolute atomic E-state index is 12.1. The summed E-state index contributed by atoms with van der Waals surface area (Å²) in [7, 11) is 0. The van der Waals surface area contributed by atoms with Gasteiger partial charge >= 0.3 is 12.1 Å². The lowest BCUT2D eigenvalue weighted by molar-refractivity contribution is -0.193. The topological polar surface area (TPSA) is 89.0 Å². The van der Waals surface area contributed by atoms with Crippen LogP contribution in [0, 0.1) is 5.92 Å². The van der Waals surface area contributed by atoms with Gasteiger partial charge < -0.3 is 19.5 Å². The van der Waals surface area contributed by atoms with Gasteiger partial charge in [-0.15, -0.1) is 0 Å². The number of hydrogen-bond donors (Lipinski definition) is 1. The molecule has 1 spiro atoms. The number of likely N-dealkylation sites (tertiary alicyclic amines) is 1. The average molecular weight is 418 g/mol. The molecule has 3 rings (SSSR count). The molecule has 2 saturated heterocycles. The van der Waals surface area contributed by atoms with E-state index in [0.29, 0.717) is 37.9 Å². The summed E-state index contributed by atoms with van der Waals surface area (Å²) in [6.45, 7) is 6.22. The number of carbonyl (C=O) groups excluding carboxylic acids is 1. The van der Waals surface area contributed by atoms with E-state index in [1.54, 1.807) is 6.20 Å². The normalized spacial score (nSPS) is 20.5. The van der Waals surface area contributed by atoms with E-state index in [2.05, 4.69) is 18.8 Å². The molecule has 1 aromatic rings. The summed E-state index contributed by atoms with van der Waals surface area (Å²) >= 11 is 0. The Bertz CT molecular complexity index is 691. The second-order valence-corrected chi connectivity index (χ2v) is 7.58. The Morgan fingerprint density at radius 1 is 1.38 bits per heavy atom. The van der Waals surface area contributed by atoms with Crippen LogP contribution in [-0.2, 0) is 14.3 Å². The molecule has 2 aliphatic rings. The highest BCUT2D eigenvalue weighted by Crippen LogP contribution is 2.36. The number of ether oxygens (including phenoxy) is 2. The zero-order chi connectivity index (χ0) is 21.7. The van der Waals surface area contributed by atoms with E-state index >= 15 is 0 Å². The molecule has 1 N–H and O–H groups in total. The van der Waals surface area contributed by atoms with Gasteiger partial charge in [-0.3, -0.25) is 4.79 Å². The van der Waals surface area contributed by atoms with Crippen LogP contribution < -0.4 is 4.74 Å². The number of rotatable bonds is 4. The van der Waals surface area contributed by atoms with Crippen molar-refractivity contribution in [2.45, 2.75) is 51.0 Å². The molecule has 1 unspecified atom stereocenters. The second-order valence-electron chi connectivity index (χ2n) is 7.58. The fraction of sp³-hybridized carbons (Fsp3) is 0.632. The average Bonchev–Trinajstić information content (AvgIpc) is 2.60. The van der Waals surface area contributed by atoms with Gasteiger partial charge in [0.2, 0.25) is 11.8 Å². The van der Waals surface area contributed by atoms with Gasteiger partial charge in [-0.25, -0.2) is 9.78 Å². The molecular weight excluding hydrogens is 393 g/mol. The molecule has 2 fully saturated rings. The molecule has 1 amide bonds. The Hall–Kier alpha value is -2.36. The van der Waals surface area contributed by atoms with Crippen molar-refractivity contribution < 1.29 is 37.3 Å². The van der Waals surface area contributed by atoms with E-state index in [9.17, 15) is 18.0 Å². The van der Waals surface area contributed by atoms with Crippen molar-refractivity contribution in [2.75, 3.05) is 19.7 Å². The summed E-state index contributed by atoms with van der Waals surface area (Å²) in [6, 6.07) is 5.68. The summed E-state index contributed by atoms with van der Waals surface area (Å²) in [5.41, 5.74) is -0.204. The smallest absolute Gasteiger partial charge is 0.475 e. The Balaban J connectivity index is 0.000000370. The number of carbonyl (C=O) groups is 2. The molecule has 0 aliphatic carbocycles. The Morgan fingerprint density at radius 3 is 2.55 bits per heavy atom. The number of nitrogens with zero attached hydrogens (tertiary/aromatic N) is 2. The molecule has 2 aliphatic heterocycles. The van der Waals surface area contributed by atoms with Crippen molar-refractivity contribution in [3.05, 3.63) is 24.4 Å². The van der Waals surface area contributed by atoms with Crippen LogP contribution in [0.4, 0.5) is 13.2 Å². The summed E-state index contributed by atoms with van der Waals surface area (Å²) in [4.78, 5) is 27.1. The molecule has 7 nitrogen and oxygen atoms in total. The van der Waals surface area contributed by atoms with Gasteiger partial charge in [-0.05, 0) is 12.0 Å². The zero-order valence-corrected chi connectivity index (χ0v) is 16.3. The quantitative estimate of drug-likeness (QED) is 0.809. The van der Waals surface area contributed by atoms with E-state index in [4.69, 9.17) is 19.4 Å². The fourth-order valence-corrected chi connectivity index (χ4v) is 3.20. The molecule has 10 heteroatoms. The number of carboxylic acids is 1. The van der Waals surface area contributed by atoms with Crippen LogP contribution >= 0.6 is 0 Å². The molecule has 3 heterocycles. The van der Waals surface area contributed by atoms with Gasteiger partial charge in [0, 0.05) is 31.5 Å². The molecular formula is C19H25F3N2O5. The first-order chi connectivity index (χ1) is 13.5. The van der Waals surface area contributed by atoms with Crippen molar-refractivity contribution in [2.24, 2.45) is 5.92 Å². The highest BCUT2D eigenvalue weighted by atomic mass is 19.4. The van der Waals surface area contributed by atoms with Crippen LogP contribution in [0.25, 0.3) is 0 Å². The third-order valence-electron chi connectivity index (χ3n) is 4.51. The maximum atomic E-state index is 12.1. The van der Waals surface area contributed by atoms with E-state index in [0.717, 1.165) is 12.8 Å². The number of carboxylic acid groups (broad SMARTS) is 1. The maximum Gasteiger partial charge on any atom is 0.490 e. The summed E-state index contributed by atoms with van der Waals surface area (Å²) in [5, 5.41) is 7.12. The fourth-order valence-electron chi connectivity index (χ4n) is 3.20. The second kappa shape index (κ2) is 9.43. The summed E-state index contributed by atoms with van der Waals surface area (Å²) in [6.07, 6.45) is -0.914. The third kappa shape index (κ3) is 6.88. The monoisotopic (exact) mass is 418 g/mol. The SMILES string of the molecule is CC(C)CC(=O)N1CC2(CC(Oc3ccccn3)CCO2)C1.O=C(O)C(F)(F)F. The first kappa shape index (κ1) is 22.9. The molecule has 0 saturated carbocycles. The van der Waals surface area contributed by atoms with Gasteiger partial charge in [-0.2, -0.15) is 13.2 Å². The zero-order valence-electron chi connectivity index (χ0n) is 16.3. The van der Waals surface area contributed by atoms with Crippen molar-refractivity contribution in [1.82, 2.24) is 9.88 Å². The number of pyridine rings is 1. The van der Waals surface area contributed by atoms with Gasteiger partial charge in [0.1, 0.15) is 11.7 Å². The Labute approximate surface area is 166 Å². The standard InChI is InChI=1S/C17H24N2O3.C2HF3O2/c1-13(2)9-16(20)19-11-17(12-19)10-14(6-8-21-17)22-15-5-3-4-7-18-15;3-2(4,5)1(6)7/h3-5,7,13-14H,6,8-12H2,1-2H3;(H,6,7). The lowest BCUT2D eigenvalue weighted by Gasteiger charge is -2.53. The number of hydrogen-bond acceptors (Lipinski definition) is 5. The van der Waals surface area contributed by atoms with Crippen molar-refractivity contribution in [3.8, 4) is 5.88 Å². The predicted molar refractivity (Wildman–Crippen MR) is 96.3 cm³/mol. The van der Waals surface area contributed by atoms with Gasteiger partial charge in [0.05, 0.1) is 19.7 Å². The first-order valence-electron chi connectivity index (χ1n) is 9.30. The third-order valence-corrected chi connectivity index (χ3v) is 4.51. The van der Waals surface area contributed by atoms with E-state index in [1.165, 1.54) is 0 Å². The van der Waals surface area contributed by atoms with Crippen LogP contribution in [0.1, 0.15) is 33.1 Å². The minimum Gasteiger partial charge on any atom is -0.475 e. The van der Waals surface area contributed by atoms with Crippen molar-refractivity contribution in [3.63, 3.8) is 0 Å². The lowest BCUT2D eigenvalue weighted by Crippen LogP contribution is -2.67. The lowest BCUT2D eigenvalue weighted by atomic mass is 9.84. The van der Waals surface area contributed by atoms with Crippen LogP contribution in [0.2, 0.25) is 0 Å². The van der Waals surface area contributed by atoms with Crippen molar-refractivity contribution >= 4 is 11.9 Å². The summed E-state index contributed by atoms with van der Waals surface area (Å²) < 4.78 is 43.6. The first-order valence-corrected chi connectivity index (χ1v) is 9.30. The van der Waals surface area contributed by atoms with Crippen LogP contribution in [0.5, 0.6) is 5.88 Å². The minimum absolute atomic E-state index is 0.117. The summed E-state index contributed by atoms with van der Waals surface area (Å²) in [5.74, 6) is -1.46. The van der Waals surface area contributed by atoms with E-state index < -0.39 is 12.1 Å². The van der Waals surface area contributed by atoms with Crippen LogP contribution in [-0.4, -0.2) is 64.4 Å². The number of amides is 1. The molecule has 0 bridgehead atoms. The molecule has 1 atom stereocenters. The van der Waals surface area contributed by atoms with Gasteiger partial charge in [0.25, 0.3) is 0 Å². The highest BCUT2D eigenvalue weighted by molar-refractivity contribution is 5.77. The molecule has 0 radical (unpaired) electrons. The minimum atomic E-state index is -5.08. The van der Waals surface area contributed by atoms with Gasteiger partial charge in [0.15, 0.2) is 0 Å². The molecule has 162 valence electrons. The highest BCUT2D eigenvalue weighted by Gasteiger charge is 2.49. The van der Waals surface area contributed by atoms with E-state index in [-0.39, 0.29) is 17.6 Å². The molecule has 0 aromatic carbocycles. The van der Waals surface area contributed by atoms with E-state index in [1.807, 2.05) is 23.1 Å². The number of aromatic nitrogens is 1. The number of aliphatic carboxylic acids is 1. The Kier molecular flexibility index (Phi) is 7.45. The van der Waals surface area contributed by atoms with Crippen LogP contribution in [0.3, 0.4) is 0 Å². The number of halogens is 3. The molecule has 1 aromatic heterocycles. The Morgan fingerprint density at radius 2 is 2.03 bits per heavy atom. The van der Waals surface area contributed by atoms with Crippen molar-refractivity contribution in [1.29, 1.82) is 0 Å².